The molecule has 1 aliphatic rings. The molecule has 0 bridgehead atoms. The van der Waals surface area contributed by atoms with Crippen LogP contribution in [0, 0.1) is 0 Å². The highest BCUT2D eigenvalue weighted by atomic mass is 32.2. The van der Waals surface area contributed by atoms with E-state index in [2.05, 4.69) is 10.3 Å². The number of aromatic nitrogens is 1. The molecule has 0 radical (unpaired) electrons. The maximum atomic E-state index is 13.6. The number of sulfone groups is 1. The van der Waals surface area contributed by atoms with Crippen molar-refractivity contribution in [2.75, 3.05) is 25.6 Å². The molecular weight excluding hydrogens is 444 g/mol. The number of benzene rings is 3. The molecule has 5 rings (SSSR count). The Morgan fingerprint density at radius 2 is 1.64 bits per heavy atom. The number of para-hydroxylation sites is 2. The van der Waals surface area contributed by atoms with Crippen molar-refractivity contribution in [1.82, 2.24) is 4.98 Å². The van der Waals surface area contributed by atoms with Gasteiger partial charge in [-0.3, -0.25) is 0 Å². The number of rotatable bonds is 6. The van der Waals surface area contributed by atoms with Gasteiger partial charge in [-0.15, -0.1) is 0 Å². The molecule has 0 aliphatic carbocycles. The number of hydrogen-bond donors (Lipinski definition) is 1. The molecule has 0 atom stereocenters. The van der Waals surface area contributed by atoms with Gasteiger partial charge in [-0.1, -0.05) is 30.3 Å². The maximum absolute atomic E-state index is 13.6. The van der Waals surface area contributed by atoms with E-state index in [1.54, 1.807) is 36.4 Å². The van der Waals surface area contributed by atoms with Gasteiger partial charge in [0, 0.05) is 11.6 Å². The number of nitrogens with zero attached hydrogens (tertiary/aromatic N) is 1. The van der Waals surface area contributed by atoms with E-state index in [1.165, 1.54) is 19.2 Å². The monoisotopic (exact) mass is 464 g/mol. The molecule has 0 spiro atoms. The second-order valence-corrected chi connectivity index (χ2v) is 9.02. The third-order valence-electron chi connectivity index (χ3n) is 5.05. The van der Waals surface area contributed by atoms with Gasteiger partial charge < -0.3 is 23.9 Å². The lowest BCUT2D eigenvalue weighted by Crippen LogP contribution is -2.16. The van der Waals surface area contributed by atoms with Crippen LogP contribution in [0.1, 0.15) is 0 Å². The Labute approximate surface area is 190 Å². The predicted octanol–water partition coefficient (Wildman–Crippen LogP) is 4.70. The topological polar surface area (TPSA) is 99.9 Å². The van der Waals surface area contributed by atoms with Gasteiger partial charge in [-0.05, 0) is 36.4 Å². The second kappa shape index (κ2) is 8.51. The lowest BCUT2D eigenvalue weighted by Gasteiger charge is -2.18. The number of hydrogen-bond acceptors (Lipinski definition) is 8. The van der Waals surface area contributed by atoms with Crippen LogP contribution in [0.2, 0.25) is 0 Å². The normalized spacial score (nSPS) is 12.9. The van der Waals surface area contributed by atoms with E-state index in [-0.39, 0.29) is 21.7 Å². The molecule has 1 aliphatic heterocycles. The molecule has 0 fully saturated rings. The first kappa shape index (κ1) is 20.9. The molecule has 2 heterocycles. The quantitative estimate of drug-likeness (QED) is 0.438. The number of fused-ring (bicyclic) bond motifs is 1. The van der Waals surface area contributed by atoms with Gasteiger partial charge >= 0.3 is 0 Å². The first-order chi connectivity index (χ1) is 16.1. The van der Waals surface area contributed by atoms with E-state index in [0.29, 0.717) is 41.7 Å². The summed E-state index contributed by atoms with van der Waals surface area (Å²) in [7, 11) is -2.54. The molecule has 168 valence electrons. The van der Waals surface area contributed by atoms with Gasteiger partial charge in [0.25, 0.3) is 0 Å². The van der Waals surface area contributed by atoms with Crippen molar-refractivity contribution in [3.8, 4) is 28.7 Å². The molecule has 8 nitrogen and oxygen atoms in total. The van der Waals surface area contributed by atoms with Crippen LogP contribution in [0.15, 0.2) is 87.1 Å². The number of ether oxygens (including phenoxy) is 3. The Balaban J connectivity index is 1.63. The molecule has 4 aromatic rings. The van der Waals surface area contributed by atoms with E-state index < -0.39 is 9.84 Å². The highest BCUT2D eigenvalue weighted by Crippen LogP contribution is 2.39. The SMILES string of the molecule is COc1ccccc1Nc1oc(-c2ccccc2)nc1S(=O)(=O)c1ccc2c(c1)OCCO2. The van der Waals surface area contributed by atoms with Crippen molar-refractivity contribution in [1.29, 1.82) is 0 Å². The van der Waals surface area contributed by atoms with Crippen molar-refractivity contribution in [2.24, 2.45) is 0 Å². The second-order valence-electron chi connectivity index (χ2n) is 7.15. The molecule has 0 amide bonds. The fraction of sp³-hybridized carbons (Fsp3) is 0.125. The van der Waals surface area contributed by atoms with E-state index in [0.717, 1.165) is 0 Å². The number of methoxy groups -OCH3 is 1. The van der Waals surface area contributed by atoms with Gasteiger partial charge in [0.05, 0.1) is 17.7 Å². The van der Waals surface area contributed by atoms with Gasteiger partial charge in [0.2, 0.25) is 26.6 Å². The summed E-state index contributed by atoms with van der Waals surface area (Å²) in [6.07, 6.45) is 0. The van der Waals surface area contributed by atoms with Crippen molar-refractivity contribution in [3.05, 3.63) is 72.8 Å². The Kier molecular flexibility index (Phi) is 5.39. The zero-order valence-electron chi connectivity index (χ0n) is 17.6. The van der Waals surface area contributed by atoms with Crippen molar-refractivity contribution in [3.63, 3.8) is 0 Å². The Morgan fingerprint density at radius 3 is 2.42 bits per heavy atom. The summed E-state index contributed by atoms with van der Waals surface area (Å²) in [5.74, 6) is 1.54. The molecular formula is C24H20N2O6S. The molecule has 33 heavy (non-hydrogen) atoms. The zero-order valence-corrected chi connectivity index (χ0v) is 18.5. The first-order valence-electron chi connectivity index (χ1n) is 10.2. The van der Waals surface area contributed by atoms with Crippen LogP contribution in [0.25, 0.3) is 11.5 Å². The third kappa shape index (κ3) is 3.98. The van der Waals surface area contributed by atoms with Crippen LogP contribution >= 0.6 is 0 Å². The first-order valence-corrected chi connectivity index (χ1v) is 11.7. The minimum absolute atomic E-state index is 0.0164. The summed E-state index contributed by atoms with van der Waals surface area (Å²) in [6, 6.07) is 20.7. The largest absolute Gasteiger partial charge is 0.495 e. The summed E-state index contributed by atoms with van der Waals surface area (Å²) >= 11 is 0. The van der Waals surface area contributed by atoms with E-state index in [1.807, 2.05) is 24.3 Å². The zero-order chi connectivity index (χ0) is 22.8. The van der Waals surface area contributed by atoms with E-state index >= 15 is 0 Å². The minimum Gasteiger partial charge on any atom is -0.495 e. The standard InChI is InChI=1S/C24H20N2O6S/c1-29-19-10-6-5-9-18(19)25-23-24(26-22(32-23)16-7-3-2-4-8-16)33(27,28)17-11-12-20-21(15-17)31-14-13-30-20/h2-12,15,25H,13-14H2,1H3. The molecule has 1 N–H and O–H groups in total. The fourth-order valence-electron chi connectivity index (χ4n) is 3.44. The lowest BCUT2D eigenvalue weighted by atomic mass is 10.2. The summed E-state index contributed by atoms with van der Waals surface area (Å²) < 4.78 is 49.6. The van der Waals surface area contributed by atoms with Crippen LogP contribution < -0.4 is 19.5 Å². The molecule has 0 saturated carbocycles. The van der Waals surface area contributed by atoms with Gasteiger partial charge in [0.15, 0.2) is 11.5 Å². The molecule has 3 aromatic carbocycles. The number of anilines is 2. The predicted molar refractivity (Wildman–Crippen MR) is 121 cm³/mol. The highest BCUT2D eigenvalue weighted by molar-refractivity contribution is 7.91. The Morgan fingerprint density at radius 1 is 0.909 bits per heavy atom. The van der Waals surface area contributed by atoms with Crippen molar-refractivity contribution >= 4 is 21.4 Å². The fourth-order valence-corrected chi connectivity index (χ4v) is 4.72. The van der Waals surface area contributed by atoms with Gasteiger partial charge in [-0.2, -0.15) is 4.98 Å². The van der Waals surface area contributed by atoms with Gasteiger partial charge in [-0.25, -0.2) is 8.42 Å². The summed E-state index contributed by atoms with van der Waals surface area (Å²) in [5.41, 5.74) is 1.18. The highest BCUT2D eigenvalue weighted by Gasteiger charge is 2.30. The van der Waals surface area contributed by atoms with Crippen LogP contribution in [0.3, 0.4) is 0 Å². The third-order valence-corrected chi connectivity index (χ3v) is 6.71. The average molecular weight is 464 g/mol. The minimum atomic E-state index is -4.07. The smallest absolute Gasteiger partial charge is 0.238 e. The van der Waals surface area contributed by atoms with E-state index in [4.69, 9.17) is 18.6 Å². The number of nitrogens with one attached hydrogen (secondary N) is 1. The van der Waals surface area contributed by atoms with Crippen molar-refractivity contribution in [2.45, 2.75) is 9.92 Å². The van der Waals surface area contributed by atoms with Crippen molar-refractivity contribution < 1.29 is 27.0 Å². The van der Waals surface area contributed by atoms with Gasteiger partial charge in [0.1, 0.15) is 19.0 Å². The summed E-state index contributed by atoms with van der Waals surface area (Å²) in [5, 5.41) is 2.78. The van der Waals surface area contributed by atoms with Crippen LogP contribution in [0.5, 0.6) is 17.2 Å². The van der Waals surface area contributed by atoms with E-state index in [9.17, 15) is 8.42 Å². The van der Waals surface area contributed by atoms with Crippen LogP contribution in [-0.2, 0) is 9.84 Å². The maximum Gasteiger partial charge on any atom is 0.238 e. The lowest BCUT2D eigenvalue weighted by molar-refractivity contribution is 0.171. The molecule has 0 unspecified atom stereocenters. The van der Waals surface area contributed by atoms with Crippen LogP contribution in [0.4, 0.5) is 11.6 Å². The summed E-state index contributed by atoms with van der Waals surface area (Å²) in [6.45, 7) is 0.759. The Hall–Kier alpha value is -3.98. The Bertz CT molecular complexity index is 1400. The molecule has 9 heteroatoms. The molecule has 1 aromatic heterocycles. The average Bonchev–Trinajstić information content (AvgIpc) is 3.29. The number of oxazole rings is 1. The summed E-state index contributed by atoms with van der Waals surface area (Å²) in [4.78, 5) is 4.38. The molecule has 0 saturated heterocycles. The van der Waals surface area contributed by atoms with Crippen LogP contribution in [-0.4, -0.2) is 33.7 Å².